The maximum absolute atomic E-state index is 13.7. The van der Waals surface area contributed by atoms with Crippen LogP contribution in [0.2, 0.25) is 5.02 Å². The van der Waals surface area contributed by atoms with E-state index in [2.05, 4.69) is 11.6 Å². The molecule has 0 saturated carbocycles. The summed E-state index contributed by atoms with van der Waals surface area (Å²) in [6.45, 7) is 4.32. The summed E-state index contributed by atoms with van der Waals surface area (Å²) in [6.07, 6.45) is 0.609. The largest absolute Gasteiger partial charge is 0.487 e. The Morgan fingerprint density at radius 3 is 2.74 bits per heavy atom. The maximum Gasteiger partial charge on any atom is 0.416 e. The minimum absolute atomic E-state index is 0.117. The van der Waals surface area contributed by atoms with Gasteiger partial charge in [0.05, 0.1) is 39.5 Å². The van der Waals surface area contributed by atoms with E-state index in [-0.39, 0.29) is 35.0 Å². The zero-order valence-electron chi connectivity index (χ0n) is 20.0. The summed E-state index contributed by atoms with van der Waals surface area (Å²) in [5, 5.41) is 0.190. The fourth-order valence-electron chi connectivity index (χ4n) is 4.70. The molecule has 38 heavy (non-hydrogen) atoms. The van der Waals surface area contributed by atoms with E-state index in [0.29, 0.717) is 41.8 Å². The van der Waals surface area contributed by atoms with Crippen LogP contribution in [-0.2, 0) is 17.6 Å². The van der Waals surface area contributed by atoms with Gasteiger partial charge in [0, 0.05) is 19.3 Å². The molecule has 1 saturated heterocycles. The third-order valence-electron chi connectivity index (χ3n) is 6.51. The highest BCUT2D eigenvalue weighted by molar-refractivity contribution is 6.32. The van der Waals surface area contributed by atoms with Crippen molar-refractivity contribution in [3.8, 4) is 11.4 Å². The van der Waals surface area contributed by atoms with Gasteiger partial charge in [0.25, 0.3) is 0 Å². The third-order valence-corrected chi connectivity index (χ3v) is 6.81. The highest BCUT2D eigenvalue weighted by Gasteiger charge is 2.31. The molecular weight excluding hydrogens is 521 g/mol. The molecule has 1 fully saturated rings. The average molecular weight is 543 g/mol. The van der Waals surface area contributed by atoms with Gasteiger partial charge in [0.15, 0.2) is 0 Å². The summed E-state index contributed by atoms with van der Waals surface area (Å²) in [5.74, 6) is 0.0792. The van der Waals surface area contributed by atoms with Crippen molar-refractivity contribution in [2.75, 3.05) is 13.1 Å². The highest BCUT2D eigenvalue weighted by atomic mass is 35.5. The van der Waals surface area contributed by atoms with Crippen molar-refractivity contribution in [2.24, 2.45) is 0 Å². The molecule has 196 valence electrons. The Bertz CT molecular complexity index is 1590. The second kappa shape index (κ2) is 10.0. The van der Waals surface area contributed by atoms with Crippen LogP contribution >= 0.6 is 11.6 Å². The van der Waals surface area contributed by atoms with Crippen LogP contribution in [0.1, 0.15) is 23.6 Å². The number of carbonyl (C=O) groups is 1. The van der Waals surface area contributed by atoms with Crippen LogP contribution in [0.4, 0.5) is 13.2 Å². The van der Waals surface area contributed by atoms with E-state index in [4.69, 9.17) is 16.3 Å². The van der Waals surface area contributed by atoms with Gasteiger partial charge in [-0.25, -0.2) is 4.79 Å². The molecule has 4 aromatic rings. The van der Waals surface area contributed by atoms with Crippen LogP contribution in [0.15, 0.2) is 78.4 Å². The molecule has 3 heterocycles. The van der Waals surface area contributed by atoms with Crippen LogP contribution in [0.5, 0.6) is 5.75 Å². The summed E-state index contributed by atoms with van der Waals surface area (Å²) in [7, 11) is 0. The summed E-state index contributed by atoms with van der Waals surface area (Å²) < 4.78 is 47.8. The lowest BCUT2D eigenvalue weighted by Crippen LogP contribution is -2.31. The molecular formula is C27H22ClF3N4O3. The van der Waals surface area contributed by atoms with Gasteiger partial charge in [0.2, 0.25) is 5.91 Å². The number of amides is 1. The first-order valence-corrected chi connectivity index (χ1v) is 12.1. The van der Waals surface area contributed by atoms with Crippen LogP contribution in [0.3, 0.4) is 0 Å². The number of rotatable bonds is 6. The molecule has 7 nitrogen and oxygen atoms in total. The number of hydrogen-bond acceptors (Lipinski definition) is 4. The molecule has 1 amide bonds. The van der Waals surface area contributed by atoms with E-state index in [9.17, 15) is 22.8 Å². The Hall–Kier alpha value is -4.05. The molecule has 0 aliphatic carbocycles. The number of halogens is 4. The van der Waals surface area contributed by atoms with Gasteiger partial charge in [0.1, 0.15) is 12.4 Å². The predicted molar refractivity (Wildman–Crippen MR) is 137 cm³/mol. The molecule has 0 bridgehead atoms. The topological polar surface area (TPSA) is 69.4 Å². The minimum Gasteiger partial charge on any atom is -0.487 e. The first-order valence-electron chi connectivity index (χ1n) is 11.7. The second-order valence-corrected chi connectivity index (χ2v) is 9.29. The number of imidazole rings is 1. The second-order valence-electron chi connectivity index (χ2n) is 8.88. The van der Waals surface area contributed by atoms with Gasteiger partial charge >= 0.3 is 11.9 Å². The van der Waals surface area contributed by atoms with Crippen molar-refractivity contribution in [3.05, 3.63) is 100 Å². The molecule has 2 aromatic carbocycles. The first kappa shape index (κ1) is 25.6. The van der Waals surface area contributed by atoms with E-state index in [1.54, 1.807) is 46.1 Å². The molecule has 1 aliphatic rings. The summed E-state index contributed by atoms with van der Waals surface area (Å²) in [4.78, 5) is 31.5. The highest BCUT2D eigenvalue weighted by Crippen LogP contribution is 2.32. The Morgan fingerprint density at radius 1 is 1.18 bits per heavy atom. The molecule has 2 aromatic heterocycles. The molecule has 11 heteroatoms. The smallest absolute Gasteiger partial charge is 0.416 e. The Morgan fingerprint density at radius 2 is 2.00 bits per heavy atom. The number of alkyl halides is 3. The summed E-state index contributed by atoms with van der Waals surface area (Å²) in [5.41, 5.74) is 0.984. The number of hydrogen-bond donors (Lipinski definition) is 0. The molecule has 0 spiro atoms. The lowest BCUT2D eigenvalue weighted by Gasteiger charge is -2.15. The number of aromatic nitrogens is 3. The number of pyridine rings is 1. The first-order chi connectivity index (χ1) is 18.2. The third kappa shape index (κ3) is 4.79. The SMILES string of the molecule is C=CC(=O)N1CCC(n2c(=O)n(-c3ccc(OCc4cccc(C(F)(F)F)c4)c(Cl)c3)c3cnccc32)C1. The minimum atomic E-state index is -4.45. The molecule has 1 unspecified atom stereocenters. The average Bonchev–Trinajstić information content (AvgIpc) is 3.49. The number of ether oxygens (including phenoxy) is 1. The molecule has 1 aliphatic heterocycles. The van der Waals surface area contributed by atoms with Crippen molar-refractivity contribution in [3.63, 3.8) is 0 Å². The van der Waals surface area contributed by atoms with Crippen molar-refractivity contribution in [2.45, 2.75) is 25.2 Å². The summed E-state index contributed by atoms with van der Waals surface area (Å²) in [6, 6.07) is 11.2. The normalized spacial score (nSPS) is 15.7. The number of fused-ring (bicyclic) bond motifs is 1. The van der Waals surface area contributed by atoms with Crippen LogP contribution in [0.25, 0.3) is 16.7 Å². The Balaban J connectivity index is 1.44. The van der Waals surface area contributed by atoms with Crippen LogP contribution < -0.4 is 10.4 Å². The lowest BCUT2D eigenvalue weighted by atomic mass is 10.1. The van der Waals surface area contributed by atoms with Crippen LogP contribution in [0, 0.1) is 0 Å². The van der Waals surface area contributed by atoms with Gasteiger partial charge < -0.3 is 9.64 Å². The number of carbonyl (C=O) groups excluding carboxylic acids is 1. The molecule has 1 atom stereocenters. The number of likely N-dealkylation sites (tertiary alicyclic amines) is 1. The maximum atomic E-state index is 13.7. The van der Waals surface area contributed by atoms with E-state index in [1.807, 2.05) is 0 Å². The van der Waals surface area contributed by atoms with Crippen molar-refractivity contribution >= 4 is 28.5 Å². The van der Waals surface area contributed by atoms with Crippen molar-refractivity contribution < 1.29 is 22.7 Å². The zero-order valence-corrected chi connectivity index (χ0v) is 20.7. The zero-order chi connectivity index (χ0) is 27.0. The van der Waals surface area contributed by atoms with Crippen LogP contribution in [-0.4, -0.2) is 38.0 Å². The standard InChI is InChI=1S/C27H22ClF3N4O3/c1-2-25(36)33-11-9-20(15-33)35-22-8-10-32-14-23(22)34(26(35)37)19-6-7-24(21(28)13-19)38-16-17-4-3-5-18(12-17)27(29,30)31/h2-8,10,12-14,20H,1,9,11,15-16H2. The van der Waals surface area contributed by atoms with Gasteiger partial charge in [-0.3, -0.25) is 18.9 Å². The molecule has 0 N–H and O–H groups in total. The van der Waals surface area contributed by atoms with Crippen molar-refractivity contribution in [1.29, 1.82) is 0 Å². The summed E-state index contributed by atoms with van der Waals surface area (Å²) >= 11 is 6.46. The van der Waals surface area contributed by atoms with E-state index in [1.165, 1.54) is 22.8 Å². The fraction of sp³-hybridized carbons (Fsp3) is 0.222. The van der Waals surface area contributed by atoms with E-state index in [0.717, 1.165) is 12.1 Å². The lowest BCUT2D eigenvalue weighted by molar-refractivity contribution is -0.137. The van der Waals surface area contributed by atoms with Gasteiger partial charge in [-0.1, -0.05) is 30.3 Å². The van der Waals surface area contributed by atoms with E-state index >= 15 is 0 Å². The Labute approximate surface area is 220 Å². The Kier molecular flexibility index (Phi) is 6.75. The van der Waals surface area contributed by atoms with Gasteiger partial charge in [-0.2, -0.15) is 13.2 Å². The predicted octanol–water partition coefficient (Wildman–Crippen LogP) is 5.40. The molecule has 0 radical (unpaired) electrons. The van der Waals surface area contributed by atoms with Gasteiger partial charge in [-0.05, 0) is 54.5 Å². The number of benzene rings is 2. The monoisotopic (exact) mass is 542 g/mol. The molecule has 5 rings (SSSR count). The van der Waals surface area contributed by atoms with Crippen molar-refractivity contribution in [1.82, 2.24) is 19.0 Å². The fourth-order valence-corrected chi connectivity index (χ4v) is 4.93. The quantitative estimate of drug-likeness (QED) is 0.306. The number of nitrogens with zero attached hydrogens (tertiary/aromatic N) is 4. The van der Waals surface area contributed by atoms with Gasteiger partial charge in [-0.15, -0.1) is 0 Å². The van der Waals surface area contributed by atoms with E-state index < -0.39 is 11.7 Å².